The Morgan fingerprint density at radius 3 is 1.78 bits per heavy atom. The maximum absolute atomic E-state index is 6.38. The van der Waals surface area contributed by atoms with E-state index < -0.39 is 0 Å². The van der Waals surface area contributed by atoms with E-state index >= 15 is 0 Å². The molecule has 1 aromatic heterocycles. The van der Waals surface area contributed by atoms with Crippen LogP contribution in [0.3, 0.4) is 0 Å². The third-order valence-corrected chi connectivity index (χ3v) is 6.81. The van der Waals surface area contributed by atoms with E-state index in [0.717, 1.165) is 46.6 Å². The Morgan fingerprint density at radius 2 is 1.19 bits per heavy atom. The van der Waals surface area contributed by atoms with Crippen LogP contribution in [-0.2, 0) is 13.1 Å². The molecule has 0 aliphatic carbocycles. The number of aromatic nitrogens is 2. The highest BCUT2D eigenvalue weighted by Crippen LogP contribution is 2.33. The quantitative estimate of drug-likeness (QED) is 0.219. The highest BCUT2D eigenvalue weighted by molar-refractivity contribution is 6.31. The van der Waals surface area contributed by atoms with Crippen LogP contribution >= 0.6 is 11.6 Å². The lowest BCUT2D eigenvalue weighted by Gasteiger charge is -2.25. The molecule has 37 heavy (non-hydrogen) atoms. The average Bonchev–Trinajstić information content (AvgIpc) is 3.33. The third-order valence-electron chi connectivity index (χ3n) is 6.57. The third kappa shape index (κ3) is 5.00. The van der Waals surface area contributed by atoms with E-state index in [-0.39, 0.29) is 0 Å². The van der Waals surface area contributed by atoms with Crippen LogP contribution < -0.4 is 4.90 Å². The van der Waals surface area contributed by atoms with E-state index in [4.69, 9.17) is 16.7 Å². The van der Waals surface area contributed by atoms with Crippen LogP contribution in [0.2, 0.25) is 5.02 Å². The molecule has 0 amide bonds. The van der Waals surface area contributed by atoms with Gasteiger partial charge in [0.1, 0.15) is 0 Å². The first-order valence-electron chi connectivity index (χ1n) is 12.4. The standard InChI is InChI=1S/C33H26ClN3/c34-28-16-21-32-31(22-28)33(27-14-8-3-9-15-27)37(35-32)30-19-17-29(18-20-30)36(23-25-10-4-1-5-11-25)24-26-12-6-2-7-13-26/h1-22H,23-24H2. The van der Waals surface area contributed by atoms with Gasteiger partial charge >= 0.3 is 0 Å². The van der Waals surface area contributed by atoms with Gasteiger partial charge in [0, 0.05) is 34.7 Å². The summed E-state index contributed by atoms with van der Waals surface area (Å²) in [7, 11) is 0. The number of nitrogens with zero attached hydrogens (tertiary/aromatic N) is 3. The fraction of sp³-hybridized carbons (Fsp3) is 0.0606. The molecule has 0 N–H and O–H groups in total. The molecule has 6 aromatic rings. The van der Waals surface area contributed by atoms with E-state index in [9.17, 15) is 0 Å². The van der Waals surface area contributed by atoms with Crippen LogP contribution in [0.15, 0.2) is 133 Å². The Kier molecular flexibility index (Phi) is 6.45. The van der Waals surface area contributed by atoms with Crippen molar-refractivity contribution in [2.24, 2.45) is 0 Å². The molecule has 0 saturated heterocycles. The van der Waals surface area contributed by atoms with Gasteiger partial charge in [0.05, 0.1) is 16.9 Å². The first-order valence-corrected chi connectivity index (χ1v) is 12.8. The van der Waals surface area contributed by atoms with Gasteiger partial charge in [-0.1, -0.05) is 103 Å². The monoisotopic (exact) mass is 499 g/mol. The van der Waals surface area contributed by atoms with Crippen molar-refractivity contribution in [3.63, 3.8) is 0 Å². The predicted octanol–water partition coefficient (Wildman–Crippen LogP) is 8.55. The molecule has 0 atom stereocenters. The summed E-state index contributed by atoms with van der Waals surface area (Å²) in [6.45, 7) is 1.66. The molecule has 4 heteroatoms. The molecule has 0 bridgehead atoms. The maximum atomic E-state index is 6.38. The molecule has 0 fully saturated rings. The number of benzene rings is 5. The summed E-state index contributed by atoms with van der Waals surface area (Å²) >= 11 is 6.38. The zero-order valence-corrected chi connectivity index (χ0v) is 21.1. The van der Waals surface area contributed by atoms with Crippen LogP contribution in [0, 0.1) is 0 Å². The molecule has 0 aliphatic heterocycles. The second kappa shape index (κ2) is 10.3. The van der Waals surface area contributed by atoms with Crippen LogP contribution in [0.4, 0.5) is 5.69 Å². The van der Waals surface area contributed by atoms with E-state index in [0.29, 0.717) is 5.02 Å². The van der Waals surface area contributed by atoms with Crippen molar-refractivity contribution in [3.8, 4) is 16.9 Å². The van der Waals surface area contributed by atoms with Crippen molar-refractivity contribution in [2.75, 3.05) is 4.90 Å². The molecule has 180 valence electrons. The molecule has 0 saturated carbocycles. The molecule has 0 unspecified atom stereocenters. The van der Waals surface area contributed by atoms with Gasteiger partial charge in [-0.15, -0.1) is 0 Å². The number of fused-ring (bicyclic) bond motifs is 1. The van der Waals surface area contributed by atoms with Crippen molar-refractivity contribution in [2.45, 2.75) is 13.1 Å². The van der Waals surface area contributed by atoms with Gasteiger partial charge in [-0.05, 0) is 53.6 Å². The van der Waals surface area contributed by atoms with Crippen molar-refractivity contribution in [1.82, 2.24) is 9.78 Å². The minimum atomic E-state index is 0.706. The van der Waals surface area contributed by atoms with Gasteiger partial charge in [-0.2, -0.15) is 5.10 Å². The van der Waals surface area contributed by atoms with Crippen molar-refractivity contribution in [1.29, 1.82) is 0 Å². The summed E-state index contributed by atoms with van der Waals surface area (Å²) in [4.78, 5) is 2.41. The minimum Gasteiger partial charge on any atom is -0.363 e. The fourth-order valence-corrected chi connectivity index (χ4v) is 4.94. The fourth-order valence-electron chi connectivity index (χ4n) is 4.77. The molecule has 0 aliphatic rings. The number of rotatable bonds is 7. The molecule has 5 aromatic carbocycles. The minimum absolute atomic E-state index is 0.706. The van der Waals surface area contributed by atoms with Crippen molar-refractivity contribution < 1.29 is 0 Å². The molecule has 6 rings (SSSR count). The number of hydrogen-bond acceptors (Lipinski definition) is 2. The molecule has 0 radical (unpaired) electrons. The number of halogens is 1. The van der Waals surface area contributed by atoms with Crippen molar-refractivity contribution >= 4 is 28.2 Å². The van der Waals surface area contributed by atoms with E-state index in [1.54, 1.807) is 0 Å². The largest absolute Gasteiger partial charge is 0.363 e. The predicted molar refractivity (Wildman–Crippen MR) is 154 cm³/mol. The molecular formula is C33H26ClN3. The average molecular weight is 500 g/mol. The van der Waals surface area contributed by atoms with E-state index in [1.807, 2.05) is 28.9 Å². The zero-order valence-electron chi connectivity index (χ0n) is 20.3. The Hall–Kier alpha value is -4.34. The second-order valence-electron chi connectivity index (χ2n) is 9.13. The first kappa shape index (κ1) is 23.1. The first-order chi connectivity index (χ1) is 18.2. The summed E-state index contributed by atoms with van der Waals surface area (Å²) in [6.07, 6.45) is 0. The number of anilines is 1. The lowest BCUT2D eigenvalue weighted by molar-refractivity contribution is 0.799. The molecular weight excluding hydrogens is 474 g/mol. The highest BCUT2D eigenvalue weighted by Gasteiger charge is 2.16. The smallest absolute Gasteiger partial charge is 0.0935 e. The van der Waals surface area contributed by atoms with Gasteiger partial charge in [0.25, 0.3) is 0 Å². The summed E-state index contributed by atoms with van der Waals surface area (Å²) in [5.74, 6) is 0. The van der Waals surface area contributed by atoms with Crippen molar-refractivity contribution in [3.05, 3.63) is 150 Å². The highest BCUT2D eigenvalue weighted by atomic mass is 35.5. The molecule has 1 heterocycles. The van der Waals surface area contributed by atoms with Gasteiger partial charge in [-0.3, -0.25) is 0 Å². The summed E-state index contributed by atoms with van der Waals surface area (Å²) in [5, 5.41) is 6.70. The number of hydrogen-bond donors (Lipinski definition) is 0. The van der Waals surface area contributed by atoms with Crippen LogP contribution in [0.1, 0.15) is 11.1 Å². The Bertz CT molecular complexity index is 1570. The normalized spacial score (nSPS) is 11.1. The van der Waals surface area contributed by atoms with E-state index in [2.05, 4.69) is 114 Å². The van der Waals surface area contributed by atoms with Gasteiger partial charge in [0.15, 0.2) is 0 Å². The molecule has 0 spiro atoms. The van der Waals surface area contributed by atoms with Gasteiger partial charge in [-0.25, -0.2) is 4.68 Å². The van der Waals surface area contributed by atoms with Gasteiger partial charge < -0.3 is 4.90 Å². The summed E-state index contributed by atoms with van der Waals surface area (Å²) < 4.78 is 2.03. The zero-order chi connectivity index (χ0) is 25.0. The van der Waals surface area contributed by atoms with Crippen LogP contribution in [-0.4, -0.2) is 9.78 Å². The van der Waals surface area contributed by atoms with Crippen LogP contribution in [0.5, 0.6) is 0 Å². The summed E-state index contributed by atoms with van der Waals surface area (Å²) in [5.41, 5.74) is 7.80. The Balaban J connectivity index is 1.39. The maximum Gasteiger partial charge on any atom is 0.0935 e. The Labute approximate surface area is 222 Å². The SMILES string of the molecule is Clc1ccc2nn(-c3ccc(N(Cc4ccccc4)Cc4ccccc4)cc3)c(-c3ccccc3)c2c1. The topological polar surface area (TPSA) is 21.1 Å². The van der Waals surface area contributed by atoms with Crippen LogP contribution in [0.25, 0.3) is 27.8 Å². The Morgan fingerprint density at radius 1 is 0.622 bits per heavy atom. The summed E-state index contributed by atoms with van der Waals surface area (Å²) in [6, 6.07) is 46.1. The lowest BCUT2D eigenvalue weighted by atomic mass is 10.1. The second-order valence-corrected chi connectivity index (χ2v) is 9.57. The lowest BCUT2D eigenvalue weighted by Crippen LogP contribution is -2.22. The van der Waals surface area contributed by atoms with Gasteiger partial charge in [0.2, 0.25) is 0 Å². The van der Waals surface area contributed by atoms with E-state index in [1.165, 1.54) is 11.1 Å². The molecule has 3 nitrogen and oxygen atoms in total.